The molecule has 1 aliphatic rings. The second-order valence-corrected chi connectivity index (χ2v) is 5.20. The van der Waals surface area contributed by atoms with Crippen LogP contribution in [-0.2, 0) is 0 Å². The van der Waals surface area contributed by atoms with Gasteiger partial charge in [-0.05, 0) is 51.4 Å². The fourth-order valence-electron chi connectivity index (χ4n) is 2.74. The summed E-state index contributed by atoms with van der Waals surface area (Å²) >= 11 is 0. The number of anilines is 2. The van der Waals surface area contributed by atoms with Crippen LogP contribution in [0.1, 0.15) is 33.1 Å². The standard InChI is InChI=1S/C15H25FN4/c1-3-9-18-13-5-6-14(16)19-15(13)20(4-2)12-7-10-17-11-8-12/h5-6,12,17-18H,3-4,7-11H2,1-2H3. The lowest BCUT2D eigenvalue weighted by Gasteiger charge is -2.35. The van der Waals surface area contributed by atoms with E-state index < -0.39 is 5.95 Å². The lowest BCUT2D eigenvalue weighted by atomic mass is 10.0. The molecule has 1 aromatic heterocycles. The maximum Gasteiger partial charge on any atom is 0.214 e. The second kappa shape index (κ2) is 7.43. The molecule has 0 radical (unpaired) electrons. The van der Waals surface area contributed by atoms with Gasteiger partial charge < -0.3 is 15.5 Å². The molecule has 20 heavy (non-hydrogen) atoms. The molecule has 1 fully saturated rings. The van der Waals surface area contributed by atoms with Crippen LogP contribution in [0.4, 0.5) is 15.9 Å². The third kappa shape index (κ3) is 3.60. The first kappa shape index (κ1) is 15.0. The molecular formula is C15H25FN4. The van der Waals surface area contributed by atoms with Crippen LogP contribution in [0, 0.1) is 5.95 Å². The van der Waals surface area contributed by atoms with Crippen molar-refractivity contribution in [3.63, 3.8) is 0 Å². The van der Waals surface area contributed by atoms with E-state index in [4.69, 9.17) is 0 Å². The third-order valence-electron chi connectivity index (χ3n) is 3.77. The third-order valence-corrected chi connectivity index (χ3v) is 3.77. The Morgan fingerprint density at radius 3 is 2.75 bits per heavy atom. The second-order valence-electron chi connectivity index (χ2n) is 5.20. The zero-order valence-electron chi connectivity index (χ0n) is 12.5. The molecule has 5 heteroatoms. The van der Waals surface area contributed by atoms with Gasteiger partial charge >= 0.3 is 0 Å². The van der Waals surface area contributed by atoms with Crippen LogP contribution >= 0.6 is 0 Å². The summed E-state index contributed by atoms with van der Waals surface area (Å²) in [6, 6.07) is 3.67. The van der Waals surface area contributed by atoms with Crippen molar-refractivity contribution in [3.8, 4) is 0 Å². The molecule has 0 saturated carbocycles. The van der Waals surface area contributed by atoms with Gasteiger partial charge in [0.05, 0.1) is 5.69 Å². The Bertz CT molecular complexity index is 418. The minimum atomic E-state index is -0.408. The van der Waals surface area contributed by atoms with E-state index >= 15 is 0 Å². The lowest BCUT2D eigenvalue weighted by Crippen LogP contribution is -2.43. The first-order valence-corrected chi connectivity index (χ1v) is 7.64. The summed E-state index contributed by atoms with van der Waals surface area (Å²) in [5, 5.41) is 6.73. The Balaban J connectivity index is 2.23. The summed E-state index contributed by atoms with van der Waals surface area (Å²) in [7, 11) is 0. The molecule has 1 aliphatic heterocycles. The minimum Gasteiger partial charge on any atom is -0.382 e. The van der Waals surface area contributed by atoms with Crippen molar-refractivity contribution < 1.29 is 4.39 Å². The van der Waals surface area contributed by atoms with Crippen LogP contribution in [-0.4, -0.2) is 37.2 Å². The molecule has 2 N–H and O–H groups in total. The molecule has 0 bridgehead atoms. The van der Waals surface area contributed by atoms with Crippen molar-refractivity contribution in [2.24, 2.45) is 0 Å². The topological polar surface area (TPSA) is 40.2 Å². The molecule has 0 aliphatic carbocycles. The van der Waals surface area contributed by atoms with Crippen molar-refractivity contribution in [3.05, 3.63) is 18.1 Å². The number of piperidine rings is 1. The lowest BCUT2D eigenvalue weighted by molar-refractivity contribution is 0.430. The largest absolute Gasteiger partial charge is 0.382 e. The monoisotopic (exact) mass is 280 g/mol. The summed E-state index contributed by atoms with van der Waals surface area (Å²) in [6.45, 7) is 8.00. The zero-order chi connectivity index (χ0) is 14.4. The van der Waals surface area contributed by atoms with E-state index in [0.29, 0.717) is 6.04 Å². The molecular weight excluding hydrogens is 255 g/mol. The van der Waals surface area contributed by atoms with Crippen molar-refractivity contribution in [2.45, 2.75) is 39.2 Å². The molecule has 2 heterocycles. The Labute approximate surface area is 120 Å². The van der Waals surface area contributed by atoms with Gasteiger partial charge in [-0.3, -0.25) is 0 Å². The number of hydrogen-bond donors (Lipinski definition) is 2. The molecule has 0 atom stereocenters. The molecule has 1 saturated heterocycles. The van der Waals surface area contributed by atoms with E-state index in [2.05, 4.69) is 34.4 Å². The maximum atomic E-state index is 13.6. The quantitative estimate of drug-likeness (QED) is 0.786. The number of rotatable bonds is 6. The fraction of sp³-hybridized carbons (Fsp3) is 0.667. The van der Waals surface area contributed by atoms with E-state index in [-0.39, 0.29) is 0 Å². The smallest absolute Gasteiger partial charge is 0.214 e. The highest BCUT2D eigenvalue weighted by Gasteiger charge is 2.23. The number of pyridine rings is 1. The van der Waals surface area contributed by atoms with Crippen LogP contribution in [0.15, 0.2) is 12.1 Å². The van der Waals surface area contributed by atoms with Crippen LogP contribution in [0.3, 0.4) is 0 Å². The summed E-state index contributed by atoms with van der Waals surface area (Å²) in [5.74, 6) is 0.349. The SMILES string of the molecule is CCCNc1ccc(F)nc1N(CC)C1CCNCC1. The molecule has 4 nitrogen and oxygen atoms in total. The molecule has 0 amide bonds. The number of halogens is 1. The number of hydrogen-bond acceptors (Lipinski definition) is 4. The van der Waals surface area contributed by atoms with Gasteiger partial charge in [-0.25, -0.2) is 4.98 Å². The fourth-order valence-corrected chi connectivity index (χ4v) is 2.74. The summed E-state index contributed by atoms with van der Waals surface area (Å²) in [4.78, 5) is 6.39. The summed E-state index contributed by atoms with van der Waals surface area (Å²) in [6.07, 6.45) is 3.20. The maximum absolute atomic E-state index is 13.6. The van der Waals surface area contributed by atoms with Crippen LogP contribution in [0.5, 0.6) is 0 Å². The zero-order valence-corrected chi connectivity index (χ0v) is 12.5. The molecule has 0 spiro atoms. The number of nitrogens with zero attached hydrogens (tertiary/aromatic N) is 2. The average molecular weight is 280 g/mol. The van der Waals surface area contributed by atoms with E-state index in [0.717, 1.165) is 56.9 Å². The van der Waals surface area contributed by atoms with Crippen molar-refractivity contribution >= 4 is 11.5 Å². The van der Waals surface area contributed by atoms with E-state index in [1.54, 1.807) is 6.07 Å². The summed E-state index contributed by atoms with van der Waals surface area (Å²) < 4.78 is 13.6. The Kier molecular flexibility index (Phi) is 5.59. The Morgan fingerprint density at radius 2 is 2.10 bits per heavy atom. The molecule has 0 unspecified atom stereocenters. The molecule has 1 aromatic rings. The predicted molar refractivity (Wildman–Crippen MR) is 81.9 cm³/mol. The van der Waals surface area contributed by atoms with E-state index in [1.807, 2.05) is 0 Å². The molecule has 0 aromatic carbocycles. The number of aromatic nitrogens is 1. The van der Waals surface area contributed by atoms with Gasteiger partial charge in [0, 0.05) is 19.1 Å². The highest BCUT2D eigenvalue weighted by molar-refractivity contribution is 5.66. The number of nitrogens with one attached hydrogen (secondary N) is 2. The minimum absolute atomic E-state index is 0.408. The van der Waals surface area contributed by atoms with E-state index in [9.17, 15) is 4.39 Å². The normalized spacial score (nSPS) is 16.1. The summed E-state index contributed by atoms with van der Waals surface area (Å²) in [5.41, 5.74) is 0.939. The van der Waals surface area contributed by atoms with Gasteiger partial charge in [0.15, 0.2) is 5.82 Å². The first-order chi connectivity index (χ1) is 9.76. The van der Waals surface area contributed by atoms with Crippen LogP contribution in [0.2, 0.25) is 0 Å². The highest BCUT2D eigenvalue weighted by Crippen LogP contribution is 2.27. The van der Waals surface area contributed by atoms with Crippen LogP contribution < -0.4 is 15.5 Å². The Morgan fingerprint density at radius 1 is 1.35 bits per heavy atom. The highest BCUT2D eigenvalue weighted by atomic mass is 19.1. The van der Waals surface area contributed by atoms with Gasteiger partial charge in [-0.1, -0.05) is 6.92 Å². The van der Waals surface area contributed by atoms with Gasteiger partial charge in [0.25, 0.3) is 0 Å². The van der Waals surface area contributed by atoms with E-state index in [1.165, 1.54) is 6.07 Å². The molecule has 2 rings (SSSR count). The van der Waals surface area contributed by atoms with Gasteiger partial charge in [-0.2, -0.15) is 4.39 Å². The Hall–Kier alpha value is -1.36. The predicted octanol–water partition coefficient (Wildman–Crippen LogP) is 2.62. The van der Waals surface area contributed by atoms with Crippen molar-refractivity contribution in [2.75, 3.05) is 36.4 Å². The van der Waals surface area contributed by atoms with Gasteiger partial charge in [0.1, 0.15) is 0 Å². The van der Waals surface area contributed by atoms with Crippen molar-refractivity contribution in [1.82, 2.24) is 10.3 Å². The average Bonchev–Trinajstić information content (AvgIpc) is 2.48. The van der Waals surface area contributed by atoms with Crippen molar-refractivity contribution in [1.29, 1.82) is 0 Å². The molecule has 112 valence electrons. The van der Waals surface area contributed by atoms with Gasteiger partial charge in [0.2, 0.25) is 5.95 Å². The van der Waals surface area contributed by atoms with Crippen LogP contribution in [0.25, 0.3) is 0 Å². The van der Waals surface area contributed by atoms with Gasteiger partial charge in [-0.15, -0.1) is 0 Å². The first-order valence-electron chi connectivity index (χ1n) is 7.64.